The van der Waals surface area contributed by atoms with Crippen molar-refractivity contribution >= 4 is 34.1 Å². The zero-order valence-electron chi connectivity index (χ0n) is 18.7. The smallest absolute Gasteiger partial charge is 0.313 e. The molecule has 172 valence electrons. The molecular formula is C25H28FN5O2. The van der Waals surface area contributed by atoms with Crippen LogP contribution < -0.4 is 15.5 Å². The molecule has 1 fully saturated rings. The van der Waals surface area contributed by atoms with Crippen LogP contribution in [0.25, 0.3) is 10.9 Å². The highest BCUT2D eigenvalue weighted by Gasteiger charge is 2.18. The summed E-state index contributed by atoms with van der Waals surface area (Å²) in [5.74, 6) is -1.55. The molecule has 1 aromatic heterocycles. The standard InChI is InChI=1S/C25H28FN5O2/c1-18-17-23(21-5-2-3-6-22(21)28-18)29-25(33)24(32)27-11-4-12-30-13-15-31(16-14-30)20-9-7-19(26)8-10-20/h2-3,5-10,17H,4,11-16H2,1H3,(H,27,32)(H,28,29,33). The molecule has 2 aromatic carbocycles. The third-order valence-electron chi connectivity index (χ3n) is 5.80. The zero-order valence-corrected chi connectivity index (χ0v) is 18.7. The average molecular weight is 450 g/mol. The van der Waals surface area contributed by atoms with Gasteiger partial charge in [0.2, 0.25) is 0 Å². The van der Waals surface area contributed by atoms with Crippen molar-refractivity contribution in [3.63, 3.8) is 0 Å². The molecule has 33 heavy (non-hydrogen) atoms. The summed E-state index contributed by atoms with van der Waals surface area (Å²) in [6, 6.07) is 15.8. The van der Waals surface area contributed by atoms with Crippen LogP contribution in [0.1, 0.15) is 12.1 Å². The van der Waals surface area contributed by atoms with Crippen LogP contribution in [-0.2, 0) is 9.59 Å². The highest BCUT2D eigenvalue weighted by molar-refractivity contribution is 6.40. The number of pyridine rings is 1. The van der Waals surface area contributed by atoms with E-state index in [0.717, 1.165) is 61.4 Å². The molecule has 3 aromatic rings. The van der Waals surface area contributed by atoms with Crippen LogP contribution in [-0.4, -0.2) is 61.0 Å². The first-order valence-electron chi connectivity index (χ1n) is 11.2. The molecule has 1 aliphatic heterocycles. The van der Waals surface area contributed by atoms with Crippen molar-refractivity contribution in [2.24, 2.45) is 0 Å². The molecule has 2 heterocycles. The molecule has 8 heteroatoms. The number of para-hydroxylation sites is 1. The van der Waals surface area contributed by atoms with Crippen LogP contribution in [0.4, 0.5) is 15.8 Å². The van der Waals surface area contributed by atoms with Gasteiger partial charge in [-0.15, -0.1) is 0 Å². The lowest BCUT2D eigenvalue weighted by atomic mass is 10.1. The quantitative estimate of drug-likeness (QED) is 0.447. The van der Waals surface area contributed by atoms with E-state index < -0.39 is 11.8 Å². The fourth-order valence-corrected chi connectivity index (χ4v) is 4.06. The lowest BCUT2D eigenvalue weighted by Crippen LogP contribution is -2.47. The number of nitrogens with zero attached hydrogens (tertiary/aromatic N) is 3. The number of carbonyl (C=O) groups is 2. The van der Waals surface area contributed by atoms with E-state index in [4.69, 9.17) is 0 Å². The van der Waals surface area contributed by atoms with E-state index in [-0.39, 0.29) is 5.82 Å². The molecule has 0 saturated carbocycles. The molecular weight excluding hydrogens is 421 g/mol. The summed E-state index contributed by atoms with van der Waals surface area (Å²) in [5, 5.41) is 6.21. The summed E-state index contributed by atoms with van der Waals surface area (Å²) in [6.07, 6.45) is 0.757. The molecule has 0 bridgehead atoms. The van der Waals surface area contributed by atoms with Gasteiger partial charge < -0.3 is 15.5 Å². The maximum atomic E-state index is 13.1. The van der Waals surface area contributed by atoms with E-state index >= 15 is 0 Å². The predicted molar refractivity (Wildman–Crippen MR) is 128 cm³/mol. The number of halogens is 1. The van der Waals surface area contributed by atoms with Gasteiger partial charge >= 0.3 is 11.8 Å². The van der Waals surface area contributed by atoms with Gasteiger partial charge in [0.25, 0.3) is 0 Å². The summed E-state index contributed by atoms with van der Waals surface area (Å²) in [7, 11) is 0. The lowest BCUT2D eigenvalue weighted by Gasteiger charge is -2.36. The van der Waals surface area contributed by atoms with Crippen molar-refractivity contribution in [2.45, 2.75) is 13.3 Å². The maximum Gasteiger partial charge on any atom is 0.313 e. The monoisotopic (exact) mass is 449 g/mol. The van der Waals surface area contributed by atoms with Gasteiger partial charge in [-0.25, -0.2) is 4.39 Å². The second-order valence-electron chi connectivity index (χ2n) is 8.20. The third kappa shape index (κ3) is 5.84. The number of hydrogen-bond donors (Lipinski definition) is 2. The van der Waals surface area contributed by atoms with E-state index in [1.165, 1.54) is 12.1 Å². The minimum atomic E-state index is -0.682. The first-order chi connectivity index (χ1) is 16.0. The van der Waals surface area contributed by atoms with E-state index in [0.29, 0.717) is 12.2 Å². The Hall–Kier alpha value is -3.52. The molecule has 0 atom stereocenters. The van der Waals surface area contributed by atoms with Crippen molar-refractivity contribution in [2.75, 3.05) is 49.5 Å². The number of carbonyl (C=O) groups excluding carboxylic acids is 2. The number of anilines is 2. The summed E-state index contributed by atoms with van der Waals surface area (Å²) in [4.78, 5) is 33.6. The Kier molecular flexibility index (Phi) is 7.14. The maximum absolute atomic E-state index is 13.1. The van der Waals surface area contributed by atoms with E-state index in [1.807, 2.05) is 43.3 Å². The van der Waals surface area contributed by atoms with Gasteiger partial charge in [-0.2, -0.15) is 0 Å². The minimum absolute atomic E-state index is 0.225. The number of amides is 2. The molecule has 7 nitrogen and oxygen atoms in total. The van der Waals surface area contributed by atoms with Crippen molar-refractivity contribution in [1.29, 1.82) is 0 Å². The molecule has 4 rings (SSSR count). The van der Waals surface area contributed by atoms with E-state index in [1.54, 1.807) is 6.07 Å². The Labute approximate surface area is 192 Å². The Morgan fingerprint density at radius 1 is 1.00 bits per heavy atom. The largest absolute Gasteiger partial charge is 0.369 e. The van der Waals surface area contributed by atoms with Crippen molar-refractivity contribution in [3.05, 3.63) is 66.1 Å². The third-order valence-corrected chi connectivity index (χ3v) is 5.80. The fraction of sp³-hybridized carbons (Fsp3) is 0.320. The summed E-state index contributed by atoms with van der Waals surface area (Å²) < 4.78 is 13.1. The number of benzene rings is 2. The van der Waals surface area contributed by atoms with Gasteiger partial charge in [-0.3, -0.25) is 19.5 Å². The molecule has 2 amide bonds. The zero-order chi connectivity index (χ0) is 23.2. The van der Waals surface area contributed by atoms with Gasteiger partial charge in [0, 0.05) is 49.5 Å². The number of aromatic nitrogens is 1. The van der Waals surface area contributed by atoms with E-state index in [9.17, 15) is 14.0 Å². The number of piperazine rings is 1. The first kappa shape index (κ1) is 22.7. The Bertz CT molecular complexity index is 1130. The topological polar surface area (TPSA) is 77.6 Å². The van der Waals surface area contributed by atoms with Crippen LogP contribution >= 0.6 is 0 Å². The molecule has 0 radical (unpaired) electrons. The van der Waals surface area contributed by atoms with Gasteiger partial charge in [0.05, 0.1) is 11.2 Å². The van der Waals surface area contributed by atoms with Crippen molar-refractivity contribution in [3.8, 4) is 0 Å². The van der Waals surface area contributed by atoms with Crippen molar-refractivity contribution in [1.82, 2.24) is 15.2 Å². The van der Waals surface area contributed by atoms with Gasteiger partial charge in [-0.05, 0) is 56.3 Å². The lowest BCUT2D eigenvalue weighted by molar-refractivity contribution is -0.136. The Morgan fingerprint density at radius 2 is 1.73 bits per heavy atom. The van der Waals surface area contributed by atoms with E-state index in [2.05, 4.69) is 25.4 Å². The second kappa shape index (κ2) is 10.4. The molecule has 0 spiro atoms. The Morgan fingerprint density at radius 3 is 2.48 bits per heavy atom. The number of hydrogen-bond acceptors (Lipinski definition) is 5. The van der Waals surface area contributed by atoms with Gasteiger partial charge in [0.1, 0.15) is 5.82 Å². The Balaban J connectivity index is 1.19. The summed E-state index contributed by atoms with van der Waals surface area (Å²) in [6.45, 7) is 6.68. The number of nitrogens with one attached hydrogen (secondary N) is 2. The summed E-state index contributed by atoms with van der Waals surface area (Å²) in [5.41, 5.74) is 3.15. The molecule has 2 N–H and O–H groups in total. The van der Waals surface area contributed by atoms with Gasteiger partial charge in [-0.1, -0.05) is 18.2 Å². The number of rotatable bonds is 6. The van der Waals surface area contributed by atoms with Crippen molar-refractivity contribution < 1.29 is 14.0 Å². The number of aryl methyl sites for hydroxylation is 1. The van der Waals surface area contributed by atoms with Crippen LogP contribution in [0.3, 0.4) is 0 Å². The number of fused-ring (bicyclic) bond motifs is 1. The minimum Gasteiger partial charge on any atom is -0.369 e. The fourth-order valence-electron chi connectivity index (χ4n) is 4.06. The molecule has 1 aliphatic rings. The first-order valence-corrected chi connectivity index (χ1v) is 11.2. The second-order valence-corrected chi connectivity index (χ2v) is 8.20. The molecule has 0 aliphatic carbocycles. The van der Waals surface area contributed by atoms with Crippen LogP contribution in [0.15, 0.2) is 54.6 Å². The van der Waals surface area contributed by atoms with Crippen LogP contribution in [0, 0.1) is 12.7 Å². The average Bonchev–Trinajstić information content (AvgIpc) is 2.82. The highest BCUT2D eigenvalue weighted by Crippen LogP contribution is 2.22. The predicted octanol–water partition coefficient (Wildman–Crippen LogP) is 2.95. The highest BCUT2D eigenvalue weighted by atomic mass is 19.1. The van der Waals surface area contributed by atoms with Crippen LogP contribution in [0.5, 0.6) is 0 Å². The summed E-state index contributed by atoms with van der Waals surface area (Å²) >= 11 is 0. The molecule has 0 unspecified atom stereocenters. The molecule has 1 saturated heterocycles. The van der Waals surface area contributed by atoms with Gasteiger partial charge in [0.15, 0.2) is 0 Å². The van der Waals surface area contributed by atoms with Crippen LogP contribution in [0.2, 0.25) is 0 Å². The normalized spacial score (nSPS) is 14.3. The SMILES string of the molecule is Cc1cc(NC(=O)C(=O)NCCCN2CCN(c3ccc(F)cc3)CC2)c2ccccc2n1.